The number of carbonyl (C=O) groups is 1. The molecule has 0 aliphatic carbocycles. The van der Waals surface area contributed by atoms with E-state index in [2.05, 4.69) is 15.6 Å². The minimum atomic E-state index is -0.918. The van der Waals surface area contributed by atoms with Gasteiger partial charge in [-0.2, -0.15) is 5.26 Å². The normalized spacial score (nSPS) is 12.6. The van der Waals surface area contributed by atoms with Crippen molar-refractivity contribution >= 4 is 40.4 Å². The van der Waals surface area contributed by atoms with Crippen LogP contribution >= 0.6 is 11.6 Å². The Labute approximate surface area is 200 Å². The highest BCUT2D eigenvalue weighted by Gasteiger charge is 2.36. The lowest BCUT2D eigenvalue weighted by Gasteiger charge is -2.29. The Bertz CT molecular complexity index is 1290. The van der Waals surface area contributed by atoms with Crippen LogP contribution in [0.25, 0.3) is 11.3 Å². The molecule has 2 heterocycles. The average molecular weight is 483 g/mol. The third-order valence-electron chi connectivity index (χ3n) is 5.42. The van der Waals surface area contributed by atoms with Gasteiger partial charge >= 0.3 is 6.03 Å². The SMILES string of the molecule is CCN1C(=O)N(c2c(F)cc(NCCNC)cc2F)c2cc(Cl)ccc2-c2nc(C#N)ccc21. The lowest BCUT2D eigenvalue weighted by atomic mass is 10.1. The Balaban J connectivity index is 1.94. The van der Waals surface area contributed by atoms with Gasteiger partial charge in [0.25, 0.3) is 0 Å². The van der Waals surface area contributed by atoms with E-state index in [0.29, 0.717) is 30.0 Å². The molecule has 1 aliphatic rings. The van der Waals surface area contributed by atoms with Crippen LogP contribution in [-0.4, -0.2) is 37.7 Å². The van der Waals surface area contributed by atoms with Crippen LogP contribution in [0.15, 0.2) is 42.5 Å². The van der Waals surface area contributed by atoms with E-state index in [1.807, 2.05) is 6.07 Å². The summed E-state index contributed by atoms with van der Waals surface area (Å²) in [4.78, 5) is 20.5. The van der Waals surface area contributed by atoms with E-state index in [0.717, 1.165) is 17.0 Å². The van der Waals surface area contributed by atoms with Crippen LogP contribution in [-0.2, 0) is 0 Å². The third-order valence-corrected chi connectivity index (χ3v) is 5.65. The molecule has 2 aromatic carbocycles. The molecule has 1 aliphatic heterocycles. The predicted octanol–water partition coefficient (Wildman–Crippen LogP) is 5.28. The molecule has 1 aromatic heterocycles. The molecule has 0 spiro atoms. The van der Waals surface area contributed by atoms with Crippen LogP contribution in [0.5, 0.6) is 0 Å². The maximum atomic E-state index is 15.4. The van der Waals surface area contributed by atoms with E-state index in [9.17, 15) is 10.1 Å². The van der Waals surface area contributed by atoms with Gasteiger partial charge in [-0.15, -0.1) is 0 Å². The number of hydrogen-bond acceptors (Lipinski definition) is 5. The number of anilines is 4. The van der Waals surface area contributed by atoms with Gasteiger partial charge in [0, 0.05) is 35.9 Å². The summed E-state index contributed by atoms with van der Waals surface area (Å²) in [5, 5.41) is 15.5. The van der Waals surface area contributed by atoms with E-state index in [-0.39, 0.29) is 28.6 Å². The quantitative estimate of drug-likeness (QED) is 0.467. The zero-order valence-corrected chi connectivity index (χ0v) is 19.2. The number of urea groups is 1. The highest BCUT2D eigenvalue weighted by molar-refractivity contribution is 6.31. The molecule has 34 heavy (non-hydrogen) atoms. The number of nitrogens with zero attached hydrogens (tertiary/aromatic N) is 4. The molecular weight excluding hydrogens is 462 g/mol. The number of rotatable bonds is 6. The zero-order chi connectivity index (χ0) is 24.4. The maximum Gasteiger partial charge on any atom is 0.333 e. The van der Waals surface area contributed by atoms with Crippen LogP contribution in [0, 0.1) is 23.0 Å². The summed E-state index contributed by atoms with van der Waals surface area (Å²) in [7, 11) is 1.77. The molecule has 0 saturated carbocycles. The number of pyridine rings is 1. The van der Waals surface area contributed by atoms with Crippen molar-refractivity contribution in [1.82, 2.24) is 10.3 Å². The monoisotopic (exact) mass is 482 g/mol. The Morgan fingerprint density at radius 3 is 2.47 bits per heavy atom. The molecule has 0 unspecified atom stereocenters. The number of likely N-dealkylation sites (N-methyl/N-ethyl adjacent to an activating group) is 1. The number of amides is 2. The topological polar surface area (TPSA) is 84.3 Å². The van der Waals surface area contributed by atoms with Crippen LogP contribution in [0.1, 0.15) is 12.6 Å². The minimum absolute atomic E-state index is 0.144. The Kier molecular flexibility index (Phi) is 6.63. The lowest BCUT2D eigenvalue weighted by Crippen LogP contribution is -2.41. The van der Waals surface area contributed by atoms with Gasteiger partial charge in [-0.05, 0) is 56.4 Å². The van der Waals surface area contributed by atoms with Gasteiger partial charge in [-0.25, -0.2) is 18.6 Å². The maximum absolute atomic E-state index is 15.4. The number of nitrogens with one attached hydrogen (secondary N) is 2. The summed E-state index contributed by atoms with van der Waals surface area (Å²) in [6, 6.07) is 11.4. The largest absolute Gasteiger partial charge is 0.384 e. The van der Waals surface area contributed by atoms with Gasteiger partial charge in [0.05, 0.1) is 17.1 Å². The molecule has 7 nitrogen and oxygen atoms in total. The van der Waals surface area contributed by atoms with Crippen molar-refractivity contribution in [2.75, 3.05) is 41.8 Å². The van der Waals surface area contributed by atoms with Crippen molar-refractivity contribution in [3.05, 3.63) is 64.8 Å². The number of aromatic nitrogens is 1. The molecule has 0 fully saturated rings. The first-order valence-electron chi connectivity index (χ1n) is 10.6. The second-order valence-corrected chi connectivity index (χ2v) is 7.96. The number of nitriles is 1. The van der Waals surface area contributed by atoms with Crippen LogP contribution in [0.4, 0.5) is 36.3 Å². The van der Waals surface area contributed by atoms with Crippen molar-refractivity contribution in [2.24, 2.45) is 0 Å². The summed E-state index contributed by atoms with van der Waals surface area (Å²) in [6.45, 7) is 3.00. The predicted molar refractivity (Wildman–Crippen MR) is 129 cm³/mol. The second kappa shape index (κ2) is 9.63. The smallest absolute Gasteiger partial charge is 0.333 e. The molecular formula is C24H21ClF2N6O. The van der Waals surface area contributed by atoms with Crippen molar-refractivity contribution in [1.29, 1.82) is 5.26 Å². The fourth-order valence-corrected chi connectivity index (χ4v) is 4.05. The standard InChI is InChI=1S/C24H21ClF2N6O/c1-3-32-20-7-5-15(13-28)31-22(20)17-6-4-14(25)10-21(17)33(24(32)34)23-18(26)11-16(12-19(23)27)30-9-8-29-2/h4-7,10-12,29-30H,3,8-9H2,1-2H3. The summed E-state index contributed by atoms with van der Waals surface area (Å²) in [6.07, 6.45) is 0. The van der Waals surface area contributed by atoms with E-state index in [4.69, 9.17) is 11.6 Å². The fourth-order valence-electron chi connectivity index (χ4n) is 3.88. The zero-order valence-electron chi connectivity index (χ0n) is 18.5. The Morgan fingerprint density at radius 2 is 1.82 bits per heavy atom. The Hall–Kier alpha value is -3.74. The first-order valence-corrected chi connectivity index (χ1v) is 11.0. The van der Waals surface area contributed by atoms with Crippen LogP contribution < -0.4 is 20.4 Å². The van der Waals surface area contributed by atoms with Crippen LogP contribution in [0.3, 0.4) is 0 Å². The van der Waals surface area contributed by atoms with E-state index >= 15 is 8.78 Å². The summed E-state index contributed by atoms with van der Waals surface area (Å²) in [5.74, 6) is -1.84. The van der Waals surface area contributed by atoms with Gasteiger partial charge in [-0.3, -0.25) is 9.80 Å². The summed E-state index contributed by atoms with van der Waals surface area (Å²) >= 11 is 6.23. The molecule has 2 N–H and O–H groups in total. The lowest BCUT2D eigenvalue weighted by molar-refractivity contribution is 0.253. The molecule has 0 bridgehead atoms. The van der Waals surface area contributed by atoms with E-state index in [1.54, 1.807) is 32.2 Å². The number of hydrogen-bond donors (Lipinski definition) is 2. The average Bonchev–Trinajstić information content (AvgIpc) is 2.91. The van der Waals surface area contributed by atoms with Crippen LogP contribution in [0.2, 0.25) is 5.02 Å². The molecule has 3 aromatic rings. The van der Waals surface area contributed by atoms with E-state index < -0.39 is 23.4 Å². The van der Waals surface area contributed by atoms with Crippen molar-refractivity contribution in [3.63, 3.8) is 0 Å². The van der Waals surface area contributed by atoms with Gasteiger partial charge in [0.1, 0.15) is 17.5 Å². The van der Waals surface area contributed by atoms with Gasteiger partial charge < -0.3 is 10.6 Å². The minimum Gasteiger partial charge on any atom is -0.384 e. The fraction of sp³-hybridized carbons (Fsp3) is 0.208. The van der Waals surface area contributed by atoms with Crippen molar-refractivity contribution in [2.45, 2.75) is 6.92 Å². The van der Waals surface area contributed by atoms with Crippen molar-refractivity contribution in [3.8, 4) is 17.3 Å². The first kappa shape index (κ1) is 23.4. The third kappa shape index (κ3) is 4.14. The molecule has 0 radical (unpaired) electrons. The highest BCUT2D eigenvalue weighted by Crippen LogP contribution is 2.45. The second-order valence-electron chi connectivity index (χ2n) is 7.52. The Morgan fingerprint density at radius 1 is 1.09 bits per heavy atom. The van der Waals surface area contributed by atoms with Gasteiger partial charge in [-0.1, -0.05) is 11.6 Å². The summed E-state index contributed by atoms with van der Waals surface area (Å²) in [5.41, 5.74) is 1.20. The number of fused-ring (bicyclic) bond motifs is 3. The highest BCUT2D eigenvalue weighted by atomic mass is 35.5. The van der Waals surface area contributed by atoms with Gasteiger partial charge in [0.2, 0.25) is 0 Å². The number of carbonyl (C=O) groups excluding carboxylic acids is 1. The molecule has 4 rings (SSSR count). The molecule has 0 atom stereocenters. The molecule has 10 heteroatoms. The van der Waals surface area contributed by atoms with Gasteiger partial charge in [0.15, 0.2) is 11.6 Å². The molecule has 174 valence electrons. The van der Waals surface area contributed by atoms with E-state index in [1.165, 1.54) is 17.0 Å². The molecule has 0 saturated heterocycles. The molecule has 2 amide bonds. The number of benzene rings is 2. The van der Waals surface area contributed by atoms with Crippen molar-refractivity contribution < 1.29 is 13.6 Å². The number of halogens is 3. The first-order chi connectivity index (χ1) is 16.4. The summed E-state index contributed by atoms with van der Waals surface area (Å²) < 4.78 is 30.8.